The van der Waals surface area contributed by atoms with Crippen molar-refractivity contribution in [2.24, 2.45) is 0 Å². The lowest BCUT2D eigenvalue weighted by molar-refractivity contribution is -0.131. The van der Waals surface area contributed by atoms with Crippen molar-refractivity contribution >= 4 is 5.91 Å². The molecule has 0 aliphatic heterocycles. The van der Waals surface area contributed by atoms with Gasteiger partial charge in [0.05, 0.1) is 18.8 Å². The molecule has 0 aliphatic carbocycles. The van der Waals surface area contributed by atoms with E-state index in [0.717, 1.165) is 32.1 Å². The lowest BCUT2D eigenvalue weighted by atomic mass is 10.0. The van der Waals surface area contributed by atoms with Gasteiger partial charge in [0.25, 0.3) is 0 Å². The first-order chi connectivity index (χ1) is 31.1. The smallest absolute Gasteiger partial charge is 0.249 e. The molecule has 0 aromatic rings. The first kappa shape index (κ1) is 62.1. The van der Waals surface area contributed by atoms with Gasteiger partial charge in [0.2, 0.25) is 5.91 Å². The van der Waals surface area contributed by atoms with Crippen LogP contribution >= 0.6 is 0 Å². The number of hydrogen-bond donors (Lipinski definition) is 4. The normalized spacial score (nSPS) is 13.3. The first-order valence-corrected chi connectivity index (χ1v) is 29.0. The van der Waals surface area contributed by atoms with Crippen molar-refractivity contribution in [2.45, 2.75) is 347 Å². The van der Waals surface area contributed by atoms with Gasteiger partial charge in [0, 0.05) is 0 Å². The Hall–Kier alpha value is -0.910. The van der Waals surface area contributed by atoms with E-state index in [-0.39, 0.29) is 6.61 Å². The number of aliphatic hydroxyl groups is 3. The maximum Gasteiger partial charge on any atom is 0.249 e. The topological polar surface area (TPSA) is 89.8 Å². The molecule has 0 bridgehead atoms. The van der Waals surface area contributed by atoms with Gasteiger partial charge in [0.1, 0.15) is 6.10 Å². The van der Waals surface area contributed by atoms with Gasteiger partial charge < -0.3 is 20.6 Å². The van der Waals surface area contributed by atoms with Crippen molar-refractivity contribution in [1.82, 2.24) is 5.32 Å². The highest BCUT2D eigenvalue weighted by Gasteiger charge is 2.22. The summed E-state index contributed by atoms with van der Waals surface area (Å²) in [5, 5.41) is 33.2. The second-order valence-electron chi connectivity index (χ2n) is 20.2. The Kier molecular flexibility index (Phi) is 52.9. The number of aliphatic hydroxyl groups excluding tert-OH is 3. The SMILES string of the molecule is CCCCCCCCCCC/C=C/C(O)C(CO)NC(=O)C(O)CCCCCCCCCCCCCCCCCCCCCCCCCCCCCCCCCCCCCCCC. The second-order valence-corrected chi connectivity index (χ2v) is 20.2. The summed E-state index contributed by atoms with van der Waals surface area (Å²) in [7, 11) is 0. The fraction of sp³-hybridized carbons (Fsp3) is 0.948. The van der Waals surface area contributed by atoms with Crippen LogP contribution in [-0.4, -0.2) is 46.1 Å². The zero-order chi connectivity index (χ0) is 45.8. The van der Waals surface area contributed by atoms with Crippen molar-refractivity contribution in [2.75, 3.05) is 6.61 Å². The fourth-order valence-corrected chi connectivity index (χ4v) is 9.37. The Morgan fingerprint density at radius 2 is 0.619 bits per heavy atom. The van der Waals surface area contributed by atoms with E-state index in [1.165, 1.54) is 276 Å². The molecule has 63 heavy (non-hydrogen) atoms. The summed E-state index contributed by atoms with van der Waals surface area (Å²) in [6, 6.07) is -0.792. The summed E-state index contributed by atoms with van der Waals surface area (Å²) in [6.07, 6.45) is 67.6. The molecular formula is C58H115NO4. The summed E-state index contributed by atoms with van der Waals surface area (Å²) in [4.78, 5) is 12.5. The van der Waals surface area contributed by atoms with Crippen molar-refractivity contribution in [3.63, 3.8) is 0 Å². The summed E-state index contributed by atoms with van der Waals surface area (Å²) < 4.78 is 0. The van der Waals surface area contributed by atoms with Crippen molar-refractivity contribution in [3.8, 4) is 0 Å². The second kappa shape index (κ2) is 53.7. The number of carbonyl (C=O) groups excluding carboxylic acids is 1. The van der Waals surface area contributed by atoms with Crippen LogP contribution in [0.5, 0.6) is 0 Å². The summed E-state index contributed by atoms with van der Waals surface area (Å²) in [5.41, 5.74) is 0. The number of unbranched alkanes of at least 4 members (excludes halogenated alkanes) is 46. The Balaban J connectivity index is 3.38. The van der Waals surface area contributed by atoms with Crippen LogP contribution in [-0.2, 0) is 4.79 Å². The molecule has 0 aromatic heterocycles. The van der Waals surface area contributed by atoms with Gasteiger partial charge in [-0.15, -0.1) is 0 Å². The van der Waals surface area contributed by atoms with Crippen LogP contribution in [0.1, 0.15) is 328 Å². The standard InChI is InChI=1S/C58H115NO4/c1-3-5-7-9-11-13-15-16-17-18-19-20-21-22-23-24-25-26-27-28-29-30-31-32-33-34-35-36-37-38-39-40-41-43-45-47-49-51-53-57(62)58(63)59-55(54-60)56(61)52-50-48-46-44-42-14-12-10-8-6-4-2/h50,52,55-57,60-62H,3-49,51,53-54H2,1-2H3,(H,59,63)/b52-50+. The molecule has 0 saturated heterocycles. The number of allylic oxidation sites excluding steroid dienone is 1. The van der Waals surface area contributed by atoms with Crippen molar-refractivity contribution in [1.29, 1.82) is 0 Å². The average molecular weight is 891 g/mol. The van der Waals surface area contributed by atoms with Crippen LogP contribution in [0.4, 0.5) is 0 Å². The van der Waals surface area contributed by atoms with Crippen LogP contribution in [0, 0.1) is 0 Å². The summed E-state index contributed by atoms with van der Waals surface area (Å²) in [6.45, 7) is 4.19. The van der Waals surface area contributed by atoms with E-state index in [9.17, 15) is 20.1 Å². The maximum atomic E-state index is 12.5. The van der Waals surface area contributed by atoms with Gasteiger partial charge in [-0.3, -0.25) is 4.79 Å². The van der Waals surface area contributed by atoms with E-state index in [1.807, 2.05) is 6.08 Å². The molecule has 0 spiro atoms. The Morgan fingerprint density at radius 3 is 0.873 bits per heavy atom. The summed E-state index contributed by atoms with van der Waals surface area (Å²) >= 11 is 0. The first-order valence-electron chi connectivity index (χ1n) is 29.0. The van der Waals surface area contributed by atoms with E-state index in [4.69, 9.17) is 0 Å². The monoisotopic (exact) mass is 890 g/mol. The highest BCUT2D eigenvalue weighted by molar-refractivity contribution is 5.80. The number of rotatable bonds is 54. The third-order valence-corrected chi connectivity index (χ3v) is 13.9. The molecule has 0 fully saturated rings. The Labute approximate surface area is 395 Å². The molecule has 0 rings (SSSR count). The molecule has 4 N–H and O–H groups in total. The van der Waals surface area contributed by atoms with Gasteiger partial charge in [-0.1, -0.05) is 321 Å². The van der Waals surface area contributed by atoms with Gasteiger partial charge in [-0.2, -0.15) is 0 Å². The largest absolute Gasteiger partial charge is 0.394 e. The van der Waals surface area contributed by atoms with Gasteiger partial charge in [-0.05, 0) is 19.3 Å². The molecule has 3 atom stereocenters. The van der Waals surface area contributed by atoms with Gasteiger partial charge in [0.15, 0.2) is 0 Å². The molecule has 1 amide bonds. The van der Waals surface area contributed by atoms with Gasteiger partial charge >= 0.3 is 0 Å². The van der Waals surface area contributed by atoms with Crippen LogP contribution < -0.4 is 5.32 Å². The molecule has 5 heteroatoms. The van der Waals surface area contributed by atoms with Crippen LogP contribution in [0.25, 0.3) is 0 Å². The van der Waals surface area contributed by atoms with Crippen LogP contribution in [0.3, 0.4) is 0 Å². The molecule has 0 radical (unpaired) electrons. The zero-order valence-electron chi connectivity index (χ0n) is 43.0. The lowest BCUT2D eigenvalue weighted by Crippen LogP contribution is -2.48. The lowest BCUT2D eigenvalue weighted by Gasteiger charge is -2.21. The van der Waals surface area contributed by atoms with E-state index in [2.05, 4.69) is 19.2 Å². The Bertz CT molecular complexity index is 894. The maximum absolute atomic E-state index is 12.5. The van der Waals surface area contributed by atoms with Crippen LogP contribution in [0.15, 0.2) is 12.2 Å². The summed E-state index contributed by atoms with van der Waals surface area (Å²) in [5.74, 6) is -0.498. The predicted octanol–water partition coefficient (Wildman–Crippen LogP) is 17.9. The molecule has 376 valence electrons. The highest BCUT2D eigenvalue weighted by atomic mass is 16.3. The molecule has 0 heterocycles. The number of hydrogen-bond acceptors (Lipinski definition) is 4. The predicted molar refractivity (Wildman–Crippen MR) is 278 cm³/mol. The third-order valence-electron chi connectivity index (χ3n) is 13.9. The molecule has 0 aromatic carbocycles. The average Bonchev–Trinajstić information content (AvgIpc) is 3.29. The molecule has 5 nitrogen and oxygen atoms in total. The number of carbonyl (C=O) groups is 1. The number of amides is 1. The minimum absolute atomic E-state index is 0.359. The van der Waals surface area contributed by atoms with Crippen LogP contribution in [0.2, 0.25) is 0 Å². The van der Waals surface area contributed by atoms with E-state index in [1.54, 1.807) is 6.08 Å². The van der Waals surface area contributed by atoms with Crippen molar-refractivity contribution in [3.05, 3.63) is 12.2 Å². The minimum atomic E-state index is -1.09. The quantitative estimate of drug-likeness (QED) is 0.0362. The fourth-order valence-electron chi connectivity index (χ4n) is 9.37. The Morgan fingerprint density at radius 1 is 0.381 bits per heavy atom. The minimum Gasteiger partial charge on any atom is -0.394 e. The molecule has 0 saturated carbocycles. The van der Waals surface area contributed by atoms with E-state index >= 15 is 0 Å². The van der Waals surface area contributed by atoms with E-state index in [0.29, 0.717) is 6.42 Å². The highest BCUT2D eigenvalue weighted by Crippen LogP contribution is 2.18. The molecule has 3 unspecified atom stereocenters. The molecular weight excluding hydrogens is 775 g/mol. The third kappa shape index (κ3) is 48.8. The van der Waals surface area contributed by atoms with Crippen molar-refractivity contribution < 1.29 is 20.1 Å². The zero-order valence-corrected chi connectivity index (χ0v) is 43.0. The molecule has 0 aliphatic rings. The number of nitrogens with one attached hydrogen (secondary N) is 1. The van der Waals surface area contributed by atoms with Gasteiger partial charge in [-0.25, -0.2) is 0 Å². The van der Waals surface area contributed by atoms with E-state index < -0.39 is 24.2 Å².